The molecule has 0 amide bonds. The van der Waals surface area contributed by atoms with Crippen LogP contribution in [0.15, 0.2) is 24.3 Å². The van der Waals surface area contributed by atoms with Crippen LogP contribution in [-0.2, 0) is 9.53 Å². The fourth-order valence-electron chi connectivity index (χ4n) is 9.44. The summed E-state index contributed by atoms with van der Waals surface area (Å²) in [5.74, 6) is 2.66. The van der Waals surface area contributed by atoms with Gasteiger partial charge in [0.05, 0.1) is 6.10 Å². The van der Waals surface area contributed by atoms with Crippen molar-refractivity contribution in [3.8, 4) is 0 Å². The van der Waals surface area contributed by atoms with Gasteiger partial charge in [0.25, 0.3) is 0 Å². The molecule has 4 aliphatic rings. The van der Waals surface area contributed by atoms with E-state index in [1.807, 2.05) is 6.92 Å². The zero-order valence-corrected chi connectivity index (χ0v) is 21.9. The van der Waals surface area contributed by atoms with Gasteiger partial charge in [-0.25, -0.2) is 0 Å². The van der Waals surface area contributed by atoms with Gasteiger partial charge in [-0.3, -0.25) is 4.79 Å². The Morgan fingerprint density at radius 1 is 1.00 bits per heavy atom. The predicted octanol–water partition coefficient (Wildman–Crippen LogP) is 7.24. The first-order valence-corrected chi connectivity index (χ1v) is 13.6. The maximum absolute atomic E-state index is 11.6. The van der Waals surface area contributed by atoms with Crippen LogP contribution in [0.3, 0.4) is 0 Å². The average Bonchev–Trinajstić information content (AvgIpc) is 3.10. The number of esters is 1. The van der Waals surface area contributed by atoms with E-state index in [4.69, 9.17) is 4.74 Å². The van der Waals surface area contributed by atoms with Gasteiger partial charge in [-0.05, 0) is 117 Å². The normalized spacial score (nSPS) is 45.3. The second kappa shape index (κ2) is 8.85. The van der Waals surface area contributed by atoms with Gasteiger partial charge in [0.15, 0.2) is 0 Å². The van der Waals surface area contributed by atoms with Gasteiger partial charge in [0.2, 0.25) is 0 Å². The van der Waals surface area contributed by atoms with Gasteiger partial charge < -0.3 is 9.84 Å². The molecule has 0 aromatic heterocycles. The van der Waals surface area contributed by atoms with Crippen LogP contribution in [0.5, 0.6) is 0 Å². The Kier molecular flexibility index (Phi) is 6.71. The van der Waals surface area contributed by atoms with E-state index in [2.05, 4.69) is 33.9 Å². The number of carbonyl (C=O) groups is 1. The number of fused-ring (bicyclic) bond motifs is 5. The van der Waals surface area contributed by atoms with Gasteiger partial charge in [-0.2, -0.15) is 0 Å². The van der Waals surface area contributed by atoms with Crippen molar-refractivity contribution >= 4 is 5.97 Å². The topological polar surface area (TPSA) is 46.5 Å². The van der Waals surface area contributed by atoms with E-state index in [9.17, 15) is 9.90 Å². The minimum Gasteiger partial charge on any atom is -0.463 e. The molecule has 0 bridgehead atoms. The molecule has 0 saturated heterocycles. The quantitative estimate of drug-likeness (QED) is 0.338. The van der Waals surface area contributed by atoms with Crippen molar-refractivity contribution in [3.05, 3.63) is 24.3 Å². The van der Waals surface area contributed by atoms with Crippen molar-refractivity contribution in [1.82, 2.24) is 0 Å². The van der Waals surface area contributed by atoms with Crippen LogP contribution in [0.2, 0.25) is 0 Å². The van der Waals surface area contributed by atoms with Crippen LogP contribution < -0.4 is 0 Å². The van der Waals surface area contributed by atoms with Gasteiger partial charge >= 0.3 is 5.97 Å². The van der Waals surface area contributed by atoms with Crippen molar-refractivity contribution < 1.29 is 14.6 Å². The summed E-state index contributed by atoms with van der Waals surface area (Å²) in [5, 5.41) is 10.2. The fraction of sp³-hybridized carbons (Fsp3) is 0.833. The molecule has 0 radical (unpaired) electrons. The van der Waals surface area contributed by atoms with Crippen molar-refractivity contribution in [2.75, 3.05) is 0 Å². The summed E-state index contributed by atoms with van der Waals surface area (Å²) in [6.07, 6.45) is 12.5. The van der Waals surface area contributed by atoms with E-state index in [1.54, 1.807) is 6.92 Å². The first-order valence-electron chi connectivity index (χ1n) is 13.6. The lowest BCUT2D eigenvalue weighted by Crippen LogP contribution is -2.60. The van der Waals surface area contributed by atoms with Crippen LogP contribution in [0.4, 0.5) is 0 Å². The minimum atomic E-state index is -0.403. The monoisotopic (exact) mass is 456 g/mol. The predicted molar refractivity (Wildman–Crippen MR) is 135 cm³/mol. The van der Waals surface area contributed by atoms with Crippen LogP contribution >= 0.6 is 0 Å². The zero-order valence-electron chi connectivity index (χ0n) is 21.9. The molecule has 186 valence electrons. The lowest BCUT2D eigenvalue weighted by atomic mass is 9.37. The van der Waals surface area contributed by atoms with Gasteiger partial charge in [-0.1, -0.05) is 45.1 Å². The van der Waals surface area contributed by atoms with Crippen molar-refractivity contribution in [3.63, 3.8) is 0 Å². The minimum absolute atomic E-state index is 0.120. The van der Waals surface area contributed by atoms with E-state index in [-0.39, 0.29) is 12.1 Å². The van der Waals surface area contributed by atoms with Crippen molar-refractivity contribution in [2.24, 2.45) is 39.9 Å². The third kappa shape index (κ3) is 4.05. The Morgan fingerprint density at radius 2 is 1.70 bits per heavy atom. The Bertz CT molecular complexity index is 800. The van der Waals surface area contributed by atoms with Crippen LogP contribution in [-0.4, -0.2) is 23.3 Å². The Labute approximate surface area is 202 Å². The van der Waals surface area contributed by atoms with Crippen LogP contribution in [0, 0.1) is 39.9 Å². The largest absolute Gasteiger partial charge is 0.463 e. The molecule has 0 unspecified atom stereocenters. The lowest BCUT2D eigenvalue weighted by molar-refractivity contribution is -0.193. The molecule has 4 aliphatic carbocycles. The molecular formula is C30H48O3. The highest BCUT2D eigenvalue weighted by Crippen LogP contribution is 2.74. The van der Waals surface area contributed by atoms with Gasteiger partial charge in [0, 0.05) is 6.92 Å². The molecule has 1 N–H and O–H groups in total. The highest BCUT2D eigenvalue weighted by Gasteiger charge is 2.66. The Morgan fingerprint density at radius 3 is 2.36 bits per heavy atom. The van der Waals surface area contributed by atoms with Crippen LogP contribution in [0.25, 0.3) is 0 Å². The highest BCUT2D eigenvalue weighted by molar-refractivity contribution is 5.66. The molecule has 3 heteroatoms. The number of aliphatic hydroxyl groups is 1. The smallest absolute Gasteiger partial charge is 0.302 e. The summed E-state index contributed by atoms with van der Waals surface area (Å²) in [6, 6.07) is 0. The number of allylic oxidation sites excluding steroid dienone is 1. The number of ether oxygens (including phenoxy) is 1. The number of hydrogen-bond donors (Lipinski definition) is 1. The molecule has 0 aliphatic heterocycles. The highest BCUT2D eigenvalue weighted by atomic mass is 16.5. The Balaban J connectivity index is 1.50. The SMILES string of the molecule is C=C(C)[C@H](O)CCC(=C)[C@H]1CC[C@]2(C)[C@@H]1CC[C@@H]1[C@@]3(C)CC[C@H](OC(C)=O)C[C@@H]3CC[C@]12C. The summed E-state index contributed by atoms with van der Waals surface area (Å²) in [5.41, 5.74) is 3.35. The zero-order chi connectivity index (χ0) is 24.2. The number of rotatable bonds is 6. The molecule has 33 heavy (non-hydrogen) atoms. The summed E-state index contributed by atoms with van der Waals surface area (Å²) in [6.45, 7) is 19.8. The fourth-order valence-corrected chi connectivity index (χ4v) is 9.44. The summed E-state index contributed by atoms with van der Waals surface area (Å²) in [4.78, 5) is 11.6. The van der Waals surface area contributed by atoms with E-state index in [0.29, 0.717) is 28.1 Å². The molecule has 9 atom stereocenters. The molecule has 0 aromatic rings. The maximum Gasteiger partial charge on any atom is 0.302 e. The average molecular weight is 457 g/mol. The second-order valence-electron chi connectivity index (χ2n) is 13.0. The van der Waals surface area contributed by atoms with E-state index < -0.39 is 6.10 Å². The third-order valence-corrected chi connectivity index (χ3v) is 11.6. The molecule has 4 saturated carbocycles. The number of carbonyl (C=O) groups excluding carboxylic acids is 1. The van der Waals surface area contributed by atoms with Crippen LogP contribution in [0.1, 0.15) is 105 Å². The summed E-state index contributed by atoms with van der Waals surface area (Å²) < 4.78 is 5.66. The van der Waals surface area contributed by atoms with Crippen molar-refractivity contribution in [2.45, 2.75) is 117 Å². The number of hydrogen-bond acceptors (Lipinski definition) is 3. The third-order valence-electron chi connectivity index (χ3n) is 11.6. The van der Waals surface area contributed by atoms with Gasteiger partial charge in [0.1, 0.15) is 6.10 Å². The summed E-state index contributed by atoms with van der Waals surface area (Å²) >= 11 is 0. The molecule has 3 nitrogen and oxygen atoms in total. The summed E-state index contributed by atoms with van der Waals surface area (Å²) in [7, 11) is 0. The molecule has 0 aromatic carbocycles. The first kappa shape index (κ1) is 25.0. The lowest BCUT2D eigenvalue weighted by Gasteiger charge is -2.67. The molecule has 0 heterocycles. The van der Waals surface area contributed by atoms with E-state index >= 15 is 0 Å². The number of aliphatic hydroxyl groups excluding tert-OH is 1. The molecular weight excluding hydrogens is 408 g/mol. The Hall–Kier alpha value is -1.09. The standard InChI is InChI=1S/C30H48O3/c1-19(2)26(32)10-8-20(3)24-14-17-29(6)25(24)9-11-27-28(5)15-13-23(33-21(4)31)18-22(28)12-16-30(27,29)7/h22-27,32H,1,3,8-18H2,2,4-7H3/t22-,23-,24+,25+,26+,27+,28-,29+,30+/m0/s1. The second-order valence-corrected chi connectivity index (χ2v) is 13.0. The molecule has 0 spiro atoms. The van der Waals surface area contributed by atoms with Crippen molar-refractivity contribution in [1.29, 1.82) is 0 Å². The van der Waals surface area contributed by atoms with E-state index in [0.717, 1.165) is 43.1 Å². The maximum atomic E-state index is 11.6. The molecule has 4 rings (SSSR count). The van der Waals surface area contributed by atoms with E-state index in [1.165, 1.54) is 50.5 Å². The first-order chi connectivity index (χ1) is 15.4. The molecule has 4 fully saturated rings. The van der Waals surface area contributed by atoms with Gasteiger partial charge in [-0.15, -0.1) is 0 Å².